The van der Waals surface area contributed by atoms with E-state index in [1.54, 1.807) is 6.92 Å². The molecule has 0 aromatic rings. The van der Waals surface area contributed by atoms with E-state index < -0.39 is 42.6 Å². The van der Waals surface area contributed by atoms with Crippen LogP contribution in [-0.2, 0) is 25.7 Å². The molecule has 0 amide bonds. The van der Waals surface area contributed by atoms with Crippen molar-refractivity contribution in [2.45, 2.75) is 573 Å². The van der Waals surface area contributed by atoms with Crippen LogP contribution in [0.4, 0.5) is 0 Å². The number of hydrogen-bond acceptors (Lipinski definition) is 6. The minimum Gasteiger partial charge on any atom is -0.495 e. The average Bonchev–Trinajstić information content (AvgIpc) is 0.768. The van der Waals surface area contributed by atoms with Gasteiger partial charge in [-0.05, 0) is 54.4 Å². The van der Waals surface area contributed by atoms with Crippen molar-refractivity contribution in [1.29, 1.82) is 0 Å². The van der Waals surface area contributed by atoms with Gasteiger partial charge in [0.15, 0.2) is 8.32 Å². The fourth-order valence-corrected chi connectivity index (χ4v) is 48.2. The van der Waals surface area contributed by atoms with Crippen molar-refractivity contribution in [3.63, 3.8) is 0 Å². The van der Waals surface area contributed by atoms with Crippen molar-refractivity contribution in [3.8, 4) is 0 Å². The number of carbonyl (C=O) groups excluding carboxylic acids is 1. The molecule has 0 unspecified atom stereocenters. The fourth-order valence-electron chi connectivity index (χ4n) is 16.7. The summed E-state index contributed by atoms with van der Waals surface area (Å²) < 4.78 is 44.2. The van der Waals surface area contributed by atoms with Gasteiger partial charge in [0.05, 0.1) is 0 Å². The van der Waals surface area contributed by atoms with Gasteiger partial charge in [0, 0.05) is 19.0 Å². The molecule has 0 saturated heterocycles. The van der Waals surface area contributed by atoms with Crippen molar-refractivity contribution in [2.75, 3.05) is 0 Å². The Hall–Kier alpha value is 0.394. The van der Waals surface area contributed by atoms with E-state index in [4.69, 9.17) is 8.54 Å². The van der Waals surface area contributed by atoms with Gasteiger partial charge in [-0.15, -0.1) is 0 Å². The van der Waals surface area contributed by atoms with E-state index in [1.165, 1.54) is 416 Å². The molecule has 0 aliphatic heterocycles. The highest BCUT2D eigenvalue weighted by molar-refractivity contribution is 6.92. The molecule has 0 rings (SSSR count). The van der Waals surface area contributed by atoms with Gasteiger partial charge in [-0.2, -0.15) is 0 Å². The zero-order valence-corrected chi connectivity index (χ0v) is 76.9. The Labute approximate surface area is 643 Å². The zero-order valence-electron chi connectivity index (χ0n) is 71.9. The first-order chi connectivity index (χ1) is 49.4. The van der Waals surface area contributed by atoms with Crippen LogP contribution >= 0.6 is 0 Å². The van der Waals surface area contributed by atoms with Crippen molar-refractivity contribution in [3.05, 3.63) is 0 Å². The molecule has 0 bridgehead atoms. The zero-order chi connectivity index (χ0) is 74.1. The Morgan fingerprint density at radius 1 is 0.168 bits per heavy atom. The molecule has 0 atom stereocenters. The summed E-state index contributed by atoms with van der Waals surface area (Å²) in [6.07, 6.45) is 85.5. The number of hydrogen-bond donors (Lipinski definition) is 0. The topological polar surface area (TPSA) is 63.2 Å². The van der Waals surface area contributed by atoms with Gasteiger partial charge >= 0.3 is 34.2 Å². The average molecular weight is 1510 g/mol. The van der Waals surface area contributed by atoms with Crippen molar-refractivity contribution >= 4 is 48.5 Å². The van der Waals surface area contributed by atoms with Crippen molar-refractivity contribution in [1.82, 2.24) is 0 Å². The molecule has 0 aromatic heterocycles. The number of carbonyl (C=O) groups is 1. The minimum atomic E-state index is -3.27. The van der Waals surface area contributed by atoms with Crippen LogP contribution in [0.2, 0.25) is 66.5 Å². The summed E-state index contributed by atoms with van der Waals surface area (Å²) in [5.74, 6) is -0.102. The normalized spacial score (nSPS) is 12.6. The standard InChI is InChI=1S/C90H190O6Si5/c1-13-24-35-46-57-68-79-97(80-69-58-47-36-25-14-2,81-70-59-48-37-26-15-3)93-99(84-73-62-51-40-29-18-6,85-74-63-52-41-30-19-7)95-101(88-77-66-55-44-33-22-10,89-78-67-56-45-34-23-11)96-100(86-75-64-53-42-31-20-8,87-76-65-54-43-32-21-9)94-98(92-90(12)91,82-71-60-49-38-27-16-4)83-72-61-50-39-28-17-5/h13-89H2,1-12H3. The highest BCUT2D eigenvalue weighted by atomic mass is 28.5. The second kappa shape index (κ2) is 74.5. The Morgan fingerprint density at radius 2 is 0.297 bits per heavy atom. The molecular weight excluding hydrogens is 1320 g/mol. The van der Waals surface area contributed by atoms with E-state index in [0.29, 0.717) is 0 Å². The van der Waals surface area contributed by atoms with E-state index >= 15 is 0 Å². The summed E-state index contributed by atoms with van der Waals surface area (Å²) in [6, 6.07) is 12.4. The van der Waals surface area contributed by atoms with Crippen LogP contribution in [0.5, 0.6) is 0 Å². The van der Waals surface area contributed by atoms with Crippen molar-refractivity contribution < 1.29 is 25.7 Å². The lowest BCUT2D eigenvalue weighted by Crippen LogP contribution is -2.65. The first kappa shape index (κ1) is 101. The molecule has 0 N–H and O–H groups in total. The molecule has 0 saturated carbocycles. The third-order valence-corrected chi connectivity index (χ3v) is 48.6. The molecule has 0 fully saturated rings. The van der Waals surface area contributed by atoms with Crippen LogP contribution in [0.15, 0.2) is 0 Å². The summed E-state index contributed by atoms with van der Waals surface area (Å²) >= 11 is 0. The van der Waals surface area contributed by atoms with E-state index in [0.717, 1.165) is 74.0 Å². The highest BCUT2D eigenvalue weighted by Crippen LogP contribution is 2.46. The molecule has 11 heteroatoms. The van der Waals surface area contributed by atoms with E-state index in [9.17, 15) is 17.1 Å². The Balaban J connectivity index is 9.89. The maximum atomic E-state index is 14.4. The number of rotatable bonds is 86. The second-order valence-electron chi connectivity index (χ2n) is 33.5. The third-order valence-electron chi connectivity index (χ3n) is 23.1. The first-order valence-electron chi connectivity index (χ1n) is 47.4. The van der Waals surface area contributed by atoms with Gasteiger partial charge < -0.3 is 20.9 Å². The maximum absolute atomic E-state index is 14.4. The van der Waals surface area contributed by atoms with Gasteiger partial charge in [0.1, 0.15) is 0 Å². The predicted molar refractivity (Wildman–Crippen MR) is 465 cm³/mol. The lowest BCUT2D eigenvalue weighted by molar-refractivity contribution is -0.133. The van der Waals surface area contributed by atoms with E-state index in [1.807, 2.05) is 0 Å². The molecule has 0 heterocycles. The first-order valence-corrected chi connectivity index (χ1v) is 58.9. The monoisotopic (exact) mass is 1510 g/mol. The lowest BCUT2D eigenvalue weighted by Gasteiger charge is -2.50. The van der Waals surface area contributed by atoms with Crippen LogP contribution in [-0.4, -0.2) is 48.5 Å². The lowest BCUT2D eigenvalue weighted by atomic mass is 10.1. The summed E-state index contributed by atoms with van der Waals surface area (Å²) in [6.45, 7) is 27.9. The molecule has 0 aliphatic rings. The maximum Gasteiger partial charge on any atom is 0.392 e. The van der Waals surface area contributed by atoms with Crippen LogP contribution < -0.4 is 0 Å². The molecule has 0 aliphatic carbocycles. The molecule has 6 nitrogen and oxygen atoms in total. The second-order valence-corrected chi connectivity index (χ2v) is 52.1. The molecule has 0 aromatic carbocycles. The Kier molecular flexibility index (Phi) is 74.8. The summed E-state index contributed by atoms with van der Waals surface area (Å²) in [7, 11) is -15.2. The van der Waals surface area contributed by atoms with Crippen LogP contribution in [0, 0.1) is 0 Å². The smallest absolute Gasteiger partial charge is 0.392 e. The van der Waals surface area contributed by atoms with E-state index in [-0.39, 0.29) is 5.97 Å². The van der Waals surface area contributed by atoms with E-state index in [2.05, 4.69) is 76.2 Å². The van der Waals surface area contributed by atoms with Gasteiger partial charge in [0.25, 0.3) is 5.97 Å². The summed E-state index contributed by atoms with van der Waals surface area (Å²) in [5.41, 5.74) is 0. The molecule has 101 heavy (non-hydrogen) atoms. The summed E-state index contributed by atoms with van der Waals surface area (Å²) in [4.78, 5) is 14.4. The molecule has 0 radical (unpaired) electrons. The fraction of sp³-hybridized carbons (Fsp3) is 0.989. The minimum absolute atomic E-state index is 0.102. The highest BCUT2D eigenvalue weighted by Gasteiger charge is 2.58. The SMILES string of the molecule is CCCCCCCC[Si](CCCCCCCC)(CCCCCCCC)O[Si](CCCCCCCC)(CCCCCCCC)O[Si](CCCCCCCC)(CCCCCCCC)O[Si](CCCCCCCC)(CCCCCCCC)O[Si](CCCCCCCC)(CCCCCCCC)OC(C)=O. The van der Waals surface area contributed by atoms with Gasteiger partial charge in [-0.3, -0.25) is 4.79 Å². The van der Waals surface area contributed by atoms with Crippen LogP contribution in [0.1, 0.15) is 507 Å². The van der Waals surface area contributed by atoms with Crippen LogP contribution in [0.25, 0.3) is 0 Å². The van der Waals surface area contributed by atoms with Gasteiger partial charge in [-0.1, -0.05) is 500 Å². The predicted octanol–water partition coefficient (Wildman–Crippen LogP) is 34.3. The molecule has 606 valence electrons. The van der Waals surface area contributed by atoms with Gasteiger partial charge in [-0.25, -0.2) is 0 Å². The van der Waals surface area contributed by atoms with Gasteiger partial charge in [0.2, 0.25) is 0 Å². The molecular formula is C90H190O6Si5. The quantitative estimate of drug-likeness (QED) is 0.0447. The Morgan fingerprint density at radius 3 is 0.465 bits per heavy atom. The summed E-state index contributed by atoms with van der Waals surface area (Å²) in [5, 5.41) is 0. The third kappa shape index (κ3) is 59.0. The Bertz CT molecular complexity index is 1570. The van der Waals surface area contributed by atoms with Crippen molar-refractivity contribution in [2.24, 2.45) is 0 Å². The van der Waals surface area contributed by atoms with Crippen LogP contribution in [0.3, 0.4) is 0 Å². The largest absolute Gasteiger partial charge is 0.495 e. The molecule has 0 spiro atoms. The number of unbranched alkanes of at least 4 members (excludes halogenated alkanes) is 55.